The summed E-state index contributed by atoms with van der Waals surface area (Å²) in [5.41, 5.74) is -4.18. The van der Waals surface area contributed by atoms with Crippen LogP contribution in [0, 0.1) is 17.4 Å². The summed E-state index contributed by atoms with van der Waals surface area (Å²) in [5.74, 6) is -1.23. The summed E-state index contributed by atoms with van der Waals surface area (Å²) in [6.07, 6.45) is -1.87. The Morgan fingerprint density at radius 3 is 2.00 bits per heavy atom. The fraction of sp³-hybridized carbons (Fsp3) is 0.781. The van der Waals surface area contributed by atoms with Crippen LogP contribution in [0.15, 0.2) is 21.9 Å². The van der Waals surface area contributed by atoms with Crippen molar-refractivity contribution in [2.75, 3.05) is 33.8 Å². The Morgan fingerprint density at radius 2 is 1.56 bits per heavy atom. The van der Waals surface area contributed by atoms with Crippen LogP contribution >= 0.6 is 27.9 Å². The largest absolute Gasteiger partial charge is 0.438 e. The molecule has 1 aromatic heterocycles. The van der Waals surface area contributed by atoms with Crippen molar-refractivity contribution in [1.82, 2.24) is 14.2 Å². The van der Waals surface area contributed by atoms with Gasteiger partial charge in [-0.05, 0) is 76.2 Å². The van der Waals surface area contributed by atoms with E-state index in [1.165, 1.54) is 20.2 Å². The fourth-order valence-corrected chi connectivity index (χ4v) is 9.54. The normalized spacial score (nSPS) is 21.0. The molecule has 6 atom stereocenters. The zero-order chi connectivity index (χ0) is 39.6. The average molecular weight is 797 g/mol. The number of aromatic amines is 1. The van der Waals surface area contributed by atoms with Crippen LogP contribution in [0.4, 0.5) is 0 Å². The number of H-pyrrole nitrogens is 1. The topological polar surface area (TPSA) is 188 Å². The quantitative estimate of drug-likeness (QED) is 0.0610. The number of aromatic nitrogens is 2. The van der Waals surface area contributed by atoms with E-state index in [1.54, 1.807) is 41.5 Å². The van der Waals surface area contributed by atoms with Crippen LogP contribution in [-0.2, 0) is 51.2 Å². The van der Waals surface area contributed by atoms with Crippen LogP contribution in [0.3, 0.4) is 0 Å². The molecule has 1 aliphatic rings. The molecule has 1 saturated heterocycles. The molecule has 0 bridgehead atoms. The highest BCUT2D eigenvalue weighted by Crippen LogP contribution is 2.60. The Morgan fingerprint density at radius 1 is 1.02 bits per heavy atom. The minimum Gasteiger partial charge on any atom is -0.438 e. The molecule has 1 N–H and O–H groups in total. The molecule has 1 aliphatic heterocycles. The number of methoxy groups -OCH3 is 1. The molecular formula is C32H54N4O13P2S. The molecule has 1 aromatic rings. The minimum atomic E-state index is -4.30. The van der Waals surface area contributed by atoms with E-state index in [1.807, 2.05) is 32.4 Å². The van der Waals surface area contributed by atoms with Crippen LogP contribution in [0.25, 0.3) is 4.85 Å². The maximum absolute atomic E-state index is 14.4. The van der Waals surface area contributed by atoms with Gasteiger partial charge in [0.1, 0.15) is 29.2 Å². The number of ether oxygens (including phenoxy) is 4. The van der Waals surface area contributed by atoms with Crippen molar-refractivity contribution in [3.8, 4) is 0 Å². The third kappa shape index (κ3) is 13.0. The first-order valence-electron chi connectivity index (χ1n) is 16.7. The summed E-state index contributed by atoms with van der Waals surface area (Å²) in [7, 11) is -4.77. The van der Waals surface area contributed by atoms with Gasteiger partial charge in [-0.1, -0.05) is 0 Å². The summed E-state index contributed by atoms with van der Waals surface area (Å²) in [4.78, 5) is 54.3. The lowest BCUT2D eigenvalue weighted by atomic mass is 9.98. The first-order valence-corrected chi connectivity index (χ1v) is 20.4. The zero-order valence-corrected chi connectivity index (χ0v) is 34.6. The predicted octanol–water partition coefficient (Wildman–Crippen LogP) is 5.47. The van der Waals surface area contributed by atoms with E-state index in [-0.39, 0.29) is 25.2 Å². The molecule has 4 unspecified atom stereocenters. The number of hydrogen-bond donors (Lipinski definition) is 1. The molecule has 2 heterocycles. The van der Waals surface area contributed by atoms with Gasteiger partial charge >= 0.3 is 25.2 Å². The van der Waals surface area contributed by atoms with Gasteiger partial charge in [-0.15, -0.1) is 11.8 Å². The first kappa shape index (κ1) is 46.0. The maximum atomic E-state index is 14.4. The van der Waals surface area contributed by atoms with Gasteiger partial charge in [0.15, 0.2) is 6.23 Å². The lowest BCUT2D eigenvalue weighted by Crippen LogP contribution is -2.41. The van der Waals surface area contributed by atoms with Crippen molar-refractivity contribution in [3.63, 3.8) is 0 Å². The van der Waals surface area contributed by atoms with Gasteiger partial charge in [-0.3, -0.25) is 37.5 Å². The molecule has 2 rings (SSSR count). The molecular weight excluding hydrogens is 742 g/mol. The summed E-state index contributed by atoms with van der Waals surface area (Å²) >= 11 is 0.956. The summed E-state index contributed by atoms with van der Waals surface area (Å²) in [6.45, 7) is 25.2. The molecule has 296 valence electrons. The van der Waals surface area contributed by atoms with E-state index in [9.17, 15) is 23.7 Å². The summed E-state index contributed by atoms with van der Waals surface area (Å²) in [5, 5.41) is 0. The number of rotatable bonds is 19. The fourth-order valence-electron chi connectivity index (χ4n) is 4.58. The molecule has 0 spiro atoms. The molecule has 0 radical (unpaired) electrons. The van der Waals surface area contributed by atoms with E-state index in [4.69, 9.17) is 43.6 Å². The van der Waals surface area contributed by atoms with Crippen LogP contribution in [-0.4, -0.2) is 94.7 Å². The number of nitrogens with zero attached hydrogens (tertiary/aromatic N) is 3. The number of esters is 2. The van der Waals surface area contributed by atoms with Crippen LogP contribution in [0.5, 0.6) is 0 Å². The second-order valence-corrected chi connectivity index (χ2v) is 19.9. The number of carbonyl (C=O) groups excluding carboxylic acids is 2. The van der Waals surface area contributed by atoms with Gasteiger partial charge in [0.05, 0.1) is 10.8 Å². The molecule has 20 heteroatoms. The van der Waals surface area contributed by atoms with Crippen molar-refractivity contribution >= 4 is 39.8 Å². The molecule has 0 aliphatic carbocycles. The highest BCUT2D eigenvalue weighted by Gasteiger charge is 2.52. The highest BCUT2D eigenvalue weighted by atomic mass is 32.2. The van der Waals surface area contributed by atoms with Crippen molar-refractivity contribution in [1.29, 1.82) is 0 Å². The van der Waals surface area contributed by atoms with Crippen molar-refractivity contribution in [3.05, 3.63) is 44.5 Å². The van der Waals surface area contributed by atoms with Gasteiger partial charge in [-0.2, -0.15) is 0 Å². The lowest BCUT2D eigenvalue weighted by Gasteiger charge is -2.38. The van der Waals surface area contributed by atoms with Crippen LogP contribution in [0.2, 0.25) is 0 Å². The van der Waals surface area contributed by atoms with Crippen molar-refractivity contribution in [2.45, 2.75) is 117 Å². The Balaban J connectivity index is 2.57. The van der Waals surface area contributed by atoms with E-state index >= 15 is 0 Å². The second kappa shape index (κ2) is 20.0. The van der Waals surface area contributed by atoms with Gasteiger partial charge in [0.2, 0.25) is 20.1 Å². The molecule has 0 saturated carbocycles. The summed E-state index contributed by atoms with van der Waals surface area (Å²) < 4.78 is 64.3. The second-order valence-electron chi connectivity index (χ2n) is 14.3. The standard InChI is InChI=1S/C32H54N4O13P2S/c1-20(2)36(21(3)4)50(45-17-15-33-12)49-25-24(42-13)26(35-16-14-23(37)34-30(35)40)48-27(25)52-22(5)51(41,46-18-43-28(38)31(6,7)8)47-19-44-29(39)32(9,10)11/h14,16,20-22,24-27H,15,17-19H2,1-11,13H3,(H,34,37,40)/t22?,24?,25?,26-,27-,50?/m1/s1. The maximum Gasteiger partial charge on any atom is 0.349 e. The third-order valence-corrected chi connectivity index (χ3v) is 13.4. The smallest absolute Gasteiger partial charge is 0.349 e. The third-order valence-electron chi connectivity index (χ3n) is 7.25. The monoisotopic (exact) mass is 796 g/mol. The van der Waals surface area contributed by atoms with E-state index in [2.05, 4.69) is 9.83 Å². The van der Waals surface area contributed by atoms with Gasteiger partial charge in [0.25, 0.3) is 14.1 Å². The number of carbonyl (C=O) groups is 2. The van der Waals surface area contributed by atoms with Gasteiger partial charge < -0.3 is 32.8 Å². The molecule has 52 heavy (non-hydrogen) atoms. The zero-order valence-electron chi connectivity index (χ0n) is 32.0. The number of nitrogens with one attached hydrogen (secondary N) is 1. The lowest BCUT2D eigenvalue weighted by molar-refractivity contribution is -0.162. The Hall–Kier alpha value is -2.16. The van der Waals surface area contributed by atoms with E-state index < -0.39 is 92.6 Å². The first-order chi connectivity index (χ1) is 24.1. The minimum absolute atomic E-state index is 0.0568. The van der Waals surface area contributed by atoms with Crippen molar-refractivity contribution < 1.29 is 51.2 Å². The Bertz CT molecular complexity index is 1490. The van der Waals surface area contributed by atoms with Crippen LogP contribution in [0.1, 0.15) is 82.4 Å². The summed E-state index contributed by atoms with van der Waals surface area (Å²) in [6, 6.07) is 1.04. The van der Waals surface area contributed by atoms with Crippen LogP contribution < -0.4 is 11.2 Å². The molecule has 1 fully saturated rings. The van der Waals surface area contributed by atoms with Gasteiger partial charge in [0, 0.05) is 31.5 Å². The van der Waals surface area contributed by atoms with E-state index in [0.717, 1.165) is 22.4 Å². The number of thioether (sulfide) groups is 1. The molecule has 0 amide bonds. The molecule has 17 nitrogen and oxygen atoms in total. The van der Waals surface area contributed by atoms with Crippen molar-refractivity contribution in [2.24, 2.45) is 10.8 Å². The van der Waals surface area contributed by atoms with Gasteiger partial charge in [-0.25, -0.2) is 16.0 Å². The van der Waals surface area contributed by atoms with E-state index in [0.29, 0.717) is 0 Å². The number of hydrogen-bond acceptors (Lipinski definition) is 15. The predicted molar refractivity (Wildman–Crippen MR) is 195 cm³/mol. The Labute approximate surface area is 311 Å². The molecule has 0 aromatic carbocycles. The highest BCUT2D eigenvalue weighted by molar-refractivity contribution is 8.05. The SMILES string of the molecule is [C-]#[N+]CCOP(OC1C(OC)[C@H](n2ccc(=O)[nH]c2=O)O[C@@H]1SC(C)P(=O)(OCOC(=O)C(C)(C)C)OCOC(=O)C(C)(C)C)N(C(C)C)C(C)C. The average Bonchev–Trinajstić information content (AvgIpc) is 3.35. The Kier molecular flexibility index (Phi) is 17.7.